The van der Waals surface area contributed by atoms with E-state index in [0.717, 1.165) is 16.7 Å². The zero-order valence-corrected chi connectivity index (χ0v) is 15.5. The fraction of sp³-hybridized carbons (Fsp3) is 0.286. The lowest BCUT2D eigenvalue weighted by atomic mass is 10.0. The highest BCUT2D eigenvalue weighted by Crippen LogP contribution is 2.27. The van der Waals surface area contributed by atoms with Gasteiger partial charge < -0.3 is 24.9 Å². The first-order valence-corrected chi connectivity index (χ1v) is 8.84. The molecule has 0 saturated carbocycles. The number of hydrogen-bond acceptors (Lipinski definition) is 4. The van der Waals surface area contributed by atoms with Crippen LogP contribution in [0.2, 0.25) is 0 Å². The Morgan fingerprint density at radius 2 is 1.89 bits per heavy atom. The van der Waals surface area contributed by atoms with Crippen LogP contribution < -0.4 is 15.4 Å². The van der Waals surface area contributed by atoms with Crippen molar-refractivity contribution in [1.29, 1.82) is 0 Å². The molecule has 2 amide bonds. The molecule has 0 spiro atoms. The summed E-state index contributed by atoms with van der Waals surface area (Å²) in [5, 5.41) is 17.0. The van der Waals surface area contributed by atoms with E-state index < -0.39 is 5.60 Å². The summed E-state index contributed by atoms with van der Waals surface area (Å²) in [5.41, 5.74) is 0.508. The van der Waals surface area contributed by atoms with Gasteiger partial charge in [-0.15, -0.1) is 0 Å². The third kappa shape index (κ3) is 4.80. The van der Waals surface area contributed by atoms with E-state index in [1.807, 2.05) is 48.5 Å². The van der Waals surface area contributed by atoms with Crippen molar-refractivity contribution in [3.63, 3.8) is 0 Å². The second kappa shape index (κ2) is 8.14. The molecule has 0 fully saturated rings. The summed E-state index contributed by atoms with van der Waals surface area (Å²) in [6, 6.07) is 16.7. The molecule has 0 saturated heterocycles. The van der Waals surface area contributed by atoms with Gasteiger partial charge in [-0.05, 0) is 43.2 Å². The molecule has 1 unspecified atom stereocenters. The van der Waals surface area contributed by atoms with E-state index in [0.29, 0.717) is 24.3 Å². The smallest absolute Gasteiger partial charge is 0.314 e. The molecule has 3 N–H and O–H groups in total. The summed E-state index contributed by atoms with van der Waals surface area (Å²) >= 11 is 0. The van der Waals surface area contributed by atoms with Crippen molar-refractivity contribution in [2.75, 3.05) is 20.2 Å². The molecule has 0 aliphatic carbocycles. The van der Waals surface area contributed by atoms with Crippen LogP contribution in [0.3, 0.4) is 0 Å². The van der Waals surface area contributed by atoms with E-state index in [2.05, 4.69) is 10.6 Å². The lowest BCUT2D eigenvalue weighted by Crippen LogP contribution is -2.43. The summed E-state index contributed by atoms with van der Waals surface area (Å²) in [7, 11) is 1.63. The fourth-order valence-electron chi connectivity index (χ4n) is 2.76. The van der Waals surface area contributed by atoms with Gasteiger partial charge in [-0.2, -0.15) is 0 Å². The van der Waals surface area contributed by atoms with Crippen LogP contribution in [0.25, 0.3) is 11.0 Å². The molecule has 1 heterocycles. The second-order valence-electron chi connectivity index (χ2n) is 6.63. The first-order valence-electron chi connectivity index (χ1n) is 8.84. The number of amides is 2. The summed E-state index contributed by atoms with van der Waals surface area (Å²) < 4.78 is 10.8. The van der Waals surface area contributed by atoms with Gasteiger partial charge >= 0.3 is 6.03 Å². The van der Waals surface area contributed by atoms with Crippen molar-refractivity contribution < 1.29 is 19.1 Å². The van der Waals surface area contributed by atoms with Gasteiger partial charge in [0, 0.05) is 11.9 Å². The molecule has 0 aliphatic heterocycles. The summed E-state index contributed by atoms with van der Waals surface area (Å²) in [4.78, 5) is 12.0. The number of rotatable bonds is 7. The zero-order chi connectivity index (χ0) is 19.3. The largest absolute Gasteiger partial charge is 0.497 e. The second-order valence-corrected chi connectivity index (χ2v) is 6.63. The van der Waals surface area contributed by atoms with Crippen LogP contribution in [0.5, 0.6) is 5.75 Å². The maximum Gasteiger partial charge on any atom is 0.314 e. The van der Waals surface area contributed by atoms with Gasteiger partial charge in [0.2, 0.25) is 0 Å². The van der Waals surface area contributed by atoms with Crippen LogP contribution in [0.15, 0.2) is 59.0 Å². The van der Waals surface area contributed by atoms with Gasteiger partial charge in [0.15, 0.2) is 0 Å². The Bertz CT molecular complexity index is 867. The third-order valence-electron chi connectivity index (χ3n) is 4.41. The lowest BCUT2D eigenvalue weighted by Gasteiger charge is -2.21. The van der Waals surface area contributed by atoms with E-state index in [9.17, 15) is 9.90 Å². The number of urea groups is 1. The van der Waals surface area contributed by atoms with Gasteiger partial charge in [0.25, 0.3) is 0 Å². The van der Waals surface area contributed by atoms with Gasteiger partial charge in [-0.1, -0.05) is 30.3 Å². The molecule has 0 aliphatic rings. The lowest BCUT2D eigenvalue weighted by molar-refractivity contribution is 0.0383. The normalized spacial score (nSPS) is 13.1. The SMILES string of the molecule is COc1ccc(CCNC(=O)NCC(C)(O)c2cc3ccccc3o2)cc1. The highest BCUT2D eigenvalue weighted by atomic mass is 16.5. The number of carbonyl (C=O) groups excluding carboxylic acids is 1. The third-order valence-corrected chi connectivity index (χ3v) is 4.41. The number of fused-ring (bicyclic) bond motifs is 1. The molecule has 27 heavy (non-hydrogen) atoms. The number of nitrogens with one attached hydrogen (secondary N) is 2. The van der Waals surface area contributed by atoms with Gasteiger partial charge in [0.1, 0.15) is 22.7 Å². The number of ether oxygens (including phenoxy) is 1. The number of hydrogen-bond donors (Lipinski definition) is 3. The van der Waals surface area contributed by atoms with Crippen LogP contribution >= 0.6 is 0 Å². The molecule has 2 aromatic carbocycles. The summed E-state index contributed by atoms with van der Waals surface area (Å²) in [5.74, 6) is 1.22. The average molecular weight is 368 g/mol. The minimum atomic E-state index is -1.30. The quantitative estimate of drug-likeness (QED) is 0.598. The van der Waals surface area contributed by atoms with Crippen molar-refractivity contribution in [1.82, 2.24) is 10.6 Å². The van der Waals surface area contributed by atoms with E-state index in [4.69, 9.17) is 9.15 Å². The van der Waals surface area contributed by atoms with Gasteiger partial charge in [-0.3, -0.25) is 0 Å². The highest BCUT2D eigenvalue weighted by Gasteiger charge is 2.28. The van der Waals surface area contributed by atoms with Crippen LogP contribution in [0.4, 0.5) is 4.79 Å². The minimum absolute atomic E-state index is 0.0428. The number of para-hydroxylation sites is 1. The number of benzene rings is 2. The molecular weight excluding hydrogens is 344 g/mol. The molecule has 3 aromatic rings. The molecular formula is C21H24N2O4. The van der Waals surface area contributed by atoms with E-state index in [1.54, 1.807) is 20.1 Å². The van der Waals surface area contributed by atoms with Crippen LogP contribution in [0, 0.1) is 0 Å². The predicted octanol–water partition coefficient (Wildman–Crippen LogP) is 3.19. The maximum atomic E-state index is 12.0. The average Bonchev–Trinajstić information content (AvgIpc) is 3.12. The van der Waals surface area contributed by atoms with Crippen LogP contribution in [-0.2, 0) is 12.0 Å². The van der Waals surface area contributed by atoms with Crippen molar-refractivity contribution in [3.05, 3.63) is 65.9 Å². The predicted molar refractivity (Wildman–Crippen MR) is 104 cm³/mol. The van der Waals surface area contributed by atoms with Crippen molar-refractivity contribution >= 4 is 17.0 Å². The molecule has 1 aromatic heterocycles. The van der Waals surface area contributed by atoms with E-state index in [-0.39, 0.29) is 12.6 Å². The highest BCUT2D eigenvalue weighted by molar-refractivity contribution is 5.78. The monoisotopic (exact) mass is 368 g/mol. The van der Waals surface area contributed by atoms with E-state index >= 15 is 0 Å². The Labute approximate surface area is 158 Å². The Morgan fingerprint density at radius 3 is 2.59 bits per heavy atom. The van der Waals surface area contributed by atoms with Crippen LogP contribution in [0.1, 0.15) is 18.2 Å². The fourth-order valence-corrected chi connectivity index (χ4v) is 2.76. The van der Waals surface area contributed by atoms with Gasteiger partial charge in [-0.25, -0.2) is 4.79 Å². The minimum Gasteiger partial charge on any atom is -0.497 e. The first-order chi connectivity index (χ1) is 13.0. The number of aliphatic hydroxyl groups is 1. The molecule has 1 atom stereocenters. The number of furan rings is 1. The maximum absolute atomic E-state index is 12.0. The zero-order valence-electron chi connectivity index (χ0n) is 15.5. The first kappa shape index (κ1) is 18.8. The van der Waals surface area contributed by atoms with Crippen molar-refractivity contribution in [2.45, 2.75) is 18.9 Å². The Kier molecular flexibility index (Phi) is 5.66. The Morgan fingerprint density at radius 1 is 1.15 bits per heavy atom. The Hall–Kier alpha value is -2.99. The van der Waals surface area contributed by atoms with E-state index in [1.165, 1.54) is 0 Å². The van der Waals surface area contributed by atoms with Crippen molar-refractivity contribution in [3.8, 4) is 5.75 Å². The topological polar surface area (TPSA) is 83.7 Å². The number of carbonyl (C=O) groups is 1. The Balaban J connectivity index is 1.47. The summed E-state index contributed by atoms with van der Waals surface area (Å²) in [6.07, 6.45) is 0.706. The number of methoxy groups -OCH3 is 1. The molecule has 6 nitrogen and oxygen atoms in total. The molecule has 0 bridgehead atoms. The van der Waals surface area contributed by atoms with Crippen LogP contribution in [-0.4, -0.2) is 31.3 Å². The molecule has 3 rings (SSSR count). The van der Waals surface area contributed by atoms with Crippen molar-refractivity contribution in [2.24, 2.45) is 0 Å². The standard InChI is InChI=1S/C21H24N2O4/c1-21(25,19-13-16-5-3-4-6-18(16)27-19)14-23-20(24)22-12-11-15-7-9-17(26-2)10-8-15/h3-10,13,25H,11-12,14H2,1-2H3,(H2,22,23,24). The molecule has 6 heteroatoms. The summed E-state index contributed by atoms with van der Waals surface area (Å²) in [6.45, 7) is 2.15. The van der Waals surface area contributed by atoms with Gasteiger partial charge in [0.05, 0.1) is 13.7 Å². The molecule has 0 radical (unpaired) electrons. The molecule has 142 valence electrons.